The zero-order valence-corrected chi connectivity index (χ0v) is 13.0. The van der Waals surface area contributed by atoms with Gasteiger partial charge in [-0.3, -0.25) is 0 Å². The molecule has 20 heavy (non-hydrogen) atoms. The second-order valence-corrected chi connectivity index (χ2v) is 6.87. The average Bonchev–Trinajstić information content (AvgIpc) is 2.98. The Bertz CT molecular complexity index is 654. The van der Waals surface area contributed by atoms with Crippen LogP contribution in [0.5, 0.6) is 0 Å². The number of rotatable bonds is 6. The topological polar surface area (TPSA) is 71.1 Å². The average molecular weight is 311 g/mol. The van der Waals surface area contributed by atoms with E-state index >= 15 is 0 Å². The number of hydrogen-bond acceptors (Lipinski definition) is 5. The van der Waals surface area contributed by atoms with E-state index in [1.807, 2.05) is 25.4 Å². The molecule has 0 saturated carbocycles. The molecule has 0 saturated heterocycles. The number of benzene rings is 1. The van der Waals surface area contributed by atoms with Crippen molar-refractivity contribution in [1.29, 1.82) is 0 Å². The largest absolute Gasteiger partial charge is 0.313 e. The Morgan fingerprint density at radius 3 is 2.85 bits per heavy atom. The van der Waals surface area contributed by atoms with Crippen LogP contribution in [-0.4, -0.2) is 20.4 Å². The molecular formula is C13H17N3O2S2. The maximum Gasteiger partial charge on any atom is 0.240 e. The predicted octanol–water partition coefficient (Wildman–Crippen LogP) is 1.90. The Balaban J connectivity index is 2.16. The lowest BCUT2D eigenvalue weighted by molar-refractivity contribution is 0.580. The van der Waals surface area contributed by atoms with E-state index in [1.165, 1.54) is 11.3 Å². The van der Waals surface area contributed by atoms with E-state index in [0.29, 0.717) is 0 Å². The Morgan fingerprint density at radius 1 is 1.40 bits per heavy atom. The van der Waals surface area contributed by atoms with Gasteiger partial charge in [-0.1, -0.05) is 12.1 Å². The Kier molecular flexibility index (Phi) is 4.87. The van der Waals surface area contributed by atoms with Crippen LogP contribution in [-0.2, 0) is 16.6 Å². The lowest BCUT2D eigenvalue weighted by atomic mass is 10.1. The van der Waals surface area contributed by atoms with Crippen LogP contribution in [0, 0.1) is 0 Å². The van der Waals surface area contributed by atoms with Crippen molar-refractivity contribution in [3.8, 4) is 0 Å². The van der Waals surface area contributed by atoms with Crippen molar-refractivity contribution < 1.29 is 8.42 Å². The second kappa shape index (κ2) is 6.45. The SMILES string of the molecule is CNC(C)c1cccc(S(=O)(=O)NCc2cscn2)c1. The van der Waals surface area contributed by atoms with Crippen LogP contribution in [0.15, 0.2) is 40.1 Å². The molecular weight excluding hydrogens is 294 g/mol. The molecule has 5 nitrogen and oxygen atoms in total. The van der Waals surface area contributed by atoms with E-state index in [0.717, 1.165) is 11.3 Å². The summed E-state index contributed by atoms with van der Waals surface area (Å²) < 4.78 is 27.0. The molecule has 0 aliphatic heterocycles. The van der Waals surface area contributed by atoms with Crippen LogP contribution < -0.4 is 10.0 Å². The van der Waals surface area contributed by atoms with Crippen LogP contribution in [0.3, 0.4) is 0 Å². The molecule has 1 unspecified atom stereocenters. The molecule has 0 fully saturated rings. The van der Waals surface area contributed by atoms with E-state index in [4.69, 9.17) is 0 Å². The number of nitrogens with one attached hydrogen (secondary N) is 2. The van der Waals surface area contributed by atoms with Crippen LogP contribution in [0.4, 0.5) is 0 Å². The Morgan fingerprint density at radius 2 is 2.20 bits per heavy atom. The molecule has 0 radical (unpaired) electrons. The number of thiazole rings is 1. The number of sulfonamides is 1. The van der Waals surface area contributed by atoms with Crippen molar-refractivity contribution in [2.75, 3.05) is 7.05 Å². The smallest absolute Gasteiger partial charge is 0.240 e. The molecule has 2 aromatic rings. The molecule has 0 aliphatic carbocycles. The summed E-state index contributed by atoms with van der Waals surface area (Å²) in [7, 11) is -1.67. The van der Waals surface area contributed by atoms with Gasteiger partial charge in [-0.15, -0.1) is 11.3 Å². The monoisotopic (exact) mass is 311 g/mol. The van der Waals surface area contributed by atoms with Gasteiger partial charge in [-0.2, -0.15) is 0 Å². The standard InChI is InChI=1S/C13H17N3O2S2/c1-10(14-2)11-4-3-5-13(6-11)20(17,18)16-7-12-8-19-9-15-12/h3-6,8-10,14,16H,7H2,1-2H3. The van der Waals surface area contributed by atoms with Gasteiger partial charge in [-0.05, 0) is 31.7 Å². The predicted molar refractivity (Wildman–Crippen MR) is 80.1 cm³/mol. The van der Waals surface area contributed by atoms with Gasteiger partial charge >= 0.3 is 0 Å². The summed E-state index contributed by atoms with van der Waals surface area (Å²) >= 11 is 1.44. The number of nitrogens with zero attached hydrogens (tertiary/aromatic N) is 1. The lowest BCUT2D eigenvalue weighted by Gasteiger charge is -2.12. The van der Waals surface area contributed by atoms with E-state index in [2.05, 4.69) is 15.0 Å². The molecule has 0 bridgehead atoms. The third-order valence-corrected chi connectivity index (χ3v) is 5.06. The van der Waals surface area contributed by atoms with E-state index < -0.39 is 10.0 Å². The molecule has 1 atom stereocenters. The van der Waals surface area contributed by atoms with E-state index in [9.17, 15) is 8.42 Å². The van der Waals surface area contributed by atoms with Crippen LogP contribution in [0.25, 0.3) is 0 Å². The summed E-state index contributed by atoms with van der Waals surface area (Å²) in [6.45, 7) is 2.19. The molecule has 1 heterocycles. The van der Waals surface area contributed by atoms with Crippen LogP contribution in [0.1, 0.15) is 24.2 Å². The fraction of sp³-hybridized carbons (Fsp3) is 0.308. The molecule has 1 aromatic carbocycles. The van der Waals surface area contributed by atoms with Gasteiger partial charge in [0.1, 0.15) is 0 Å². The molecule has 0 spiro atoms. The van der Waals surface area contributed by atoms with Crippen molar-refractivity contribution in [3.63, 3.8) is 0 Å². The fourth-order valence-corrected chi connectivity index (χ4v) is 3.31. The van der Waals surface area contributed by atoms with Gasteiger partial charge in [0, 0.05) is 11.4 Å². The van der Waals surface area contributed by atoms with Gasteiger partial charge < -0.3 is 5.32 Å². The van der Waals surface area contributed by atoms with Crippen LogP contribution >= 0.6 is 11.3 Å². The molecule has 2 N–H and O–H groups in total. The first-order valence-electron chi connectivity index (χ1n) is 6.17. The maximum atomic E-state index is 12.2. The molecule has 2 rings (SSSR count). The minimum Gasteiger partial charge on any atom is -0.313 e. The van der Waals surface area contributed by atoms with Crippen molar-refractivity contribution in [2.45, 2.75) is 24.4 Å². The second-order valence-electron chi connectivity index (χ2n) is 4.39. The highest BCUT2D eigenvalue weighted by Crippen LogP contribution is 2.17. The maximum absolute atomic E-state index is 12.2. The van der Waals surface area contributed by atoms with Crippen molar-refractivity contribution in [3.05, 3.63) is 46.4 Å². The van der Waals surface area contributed by atoms with Crippen molar-refractivity contribution in [2.24, 2.45) is 0 Å². The summed E-state index contributed by atoms with van der Waals surface area (Å²) in [5, 5.41) is 4.91. The minimum absolute atomic E-state index is 0.101. The van der Waals surface area contributed by atoms with Gasteiger partial charge in [0.2, 0.25) is 10.0 Å². The molecule has 0 amide bonds. The fourth-order valence-electron chi connectivity index (χ4n) is 1.69. The first-order valence-corrected chi connectivity index (χ1v) is 8.59. The lowest BCUT2D eigenvalue weighted by Crippen LogP contribution is -2.23. The first-order chi connectivity index (χ1) is 9.53. The van der Waals surface area contributed by atoms with Crippen LogP contribution in [0.2, 0.25) is 0 Å². The summed E-state index contributed by atoms with van der Waals surface area (Å²) in [6, 6.07) is 7.03. The summed E-state index contributed by atoms with van der Waals surface area (Å²) in [6.07, 6.45) is 0. The van der Waals surface area contributed by atoms with E-state index in [-0.39, 0.29) is 17.5 Å². The number of hydrogen-bond donors (Lipinski definition) is 2. The summed E-state index contributed by atoms with van der Waals surface area (Å²) in [5.41, 5.74) is 3.33. The number of aromatic nitrogens is 1. The Hall–Kier alpha value is -1.28. The van der Waals surface area contributed by atoms with Gasteiger partial charge in [0.05, 0.1) is 22.6 Å². The first kappa shape index (κ1) is 15.1. The van der Waals surface area contributed by atoms with Gasteiger partial charge in [0.25, 0.3) is 0 Å². The summed E-state index contributed by atoms with van der Waals surface area (Å²) in [5.74, 6) is 0. The third kappa shape index (κ3) is 3.63. The summed E-state index contributed by atoms with van der Waals surface area (Å²) in [4.78, 5) is 4.32. The van der Waals surface area contributed by atoms with Crippen molar-refractivity contribution in [1.82, 2.24) is 15.0 Å². The minimum atomic E-state index is -3.51. The molecule has 0 aliphatic rings. The highest BCUT2D eigenvalue weighted by Gasteiger charge is 2.15. The quantitative estimate of drug-likeness (QED) is 0.855. The normalized spacial score (nSPS) is 13.3. The Labute approximate surface area is 123 Å². The highest BCUT2D eigenvalue weighted by molar-refractivity contribution is 7.89. The van der Waals surface area contributed by atoms with Gasteiger partial charge in [-0.25, -0.2) is 18.1 Å². The zero-order valence-electron chi connectivity index (χ0n) is 11.3. The molecule has 1 aromatic heterocycles. The third-order valence-electron chi connectivity index (χ3n) is 3.03. The molecule has 108 valence electrons. The van der Waals surface area contributed by atoms with Gasteiger partial charge in [0.15, 0.2) is 0 Å². The molecule has 7 heteroatoms. The van der Waals surface area contributed by atoms with E-state index in [1.54, 1.807) is 23.7 Å². The van der Waals surface area contributed by atoms with Crippen molar-refractivity contribution >= 4 is 21.4 Å². The highest BCUT2D eigenvalue weighted by atomic mass is 32.2. The zero-order chi connectivity index (χ0) is 14.6.